The number of carboxylic acid groups (broad SMARTS) is 1. The van der Waals surface area contributed by atoms with Crippen molar-refractivity contribution in [2.45, 2.75) is 25.2 Å². The molecule has 116 valence electrons. The molecule has 0 amide bonds. The topological polar surface area (TPSA) is 74.7 Å². The third-order valence-electron chi connectivity index (χ3n) is 3.96. The van der Waals surface area contributed by atoms with Crippen molar-refractivity contribution in [3.05, 3.63) is 24.3 Å². The second-order valence-corrected chi connectivity index (χ2v) is 7.75. The van der Waals surface area contributed by atoms with E-state index in [0.717, 1.165) is 5.69 Å². The van der Waals surface area contributed by atoms with Gasteiger partial charge in [0.1, 0.15) is 0 Å². The number of benzene rings is 1. The molecule has 21 heavy (non-hydrogen) atoms. The van der Waals surface area contributed by atoms with E-state index in [4.69, 9.17) is 5.11 Å². The maximum absolute atomic E-state index is 12.0. The fourth-order valence-electron chi connectivity index (χ4n) is 2.75. The molecule has 5 nitrogen and oxygen atoms in total. The van der Waals surface area contributed by atoms with Gasteiger partial charge in [0.25, 0.3) is 0 Å². The lowest BCUT2D eigenvalue weighted by molar-refractivity contribution is -0.142. The lowest BCUT2D eigenvalue weighted by Gasteiger charge is -2.18. The summed E-state index contributed by atoms with van der Waals surface area (Å²) in [5, 5.41) is 9.15. The summed E-state index contributed by atoms with van der Waals surface area (Å²) >= 11 is 0. The van der Waals surface area contributed by atoms with Crippen molar-refractivity contribution >= 4 is 21.5 Å². The zero-order valence-electron chi connectivity index (χ0n) is 12.3. The first-order valence-corrected chi connectivity index (χ1v) is 8.81. The first-order chi connectivity index (χ1) is 9.85. The fourth-order valence-corrected chi connectivity index (χ4v) is 4.07. The zero-order valence-corrected chi connectivity index (χ0v) is 13.1. The van der Waals surface area contributed by atoms with Gasteiger partial charge < -0.3 is 10.0 Å². The SMILES string of the molecule is CCCS(=O)(=O)c1ccc(N2C[C@@H](C)[C@H](C(=O)O)C2)cc1. The van der Waals surface area contributed by atoms with E-state index < -0.39 is 15.8 Å². The smallest absolute Gasteiger partial charge is 0.308 e. The third-order valence-corrected chi connectivity index (χ3v) is 5.90. The average Bonchev–Trinajstić information content (AvgIpc) is 2.81. The Labute approximate surface area is 125 Å². The van der Waals surface area contributed by atoms with Crippen LogP contribution in [0.1, 0.15) is 20.3 Å². The molecule has 1 heterocycles. The van der Waals surface area contributed by atoms with Crippen LogP contribution in [0.5, 0.6) is 0 Å². The van der Waals surface area contributed by atoms with Gasteiger partial charge >= 0.3 is 5.97 Å². The molecule has 2 rings (SSSR count). The summed E-state index contributed by atoms with van der Waals surface area (Å²) in [6.07, 6.45) is 0.591. The molecule has 0 bridgehead atoms. The van der Waals surface area contributed by atoms with Gasteiger partial charge in [-0.3, -0.25) is 4.79 Å². The van der Waals surface area contributed by atoms with Gasteiger partial charge in [0.15, 0.2) is 9.84 Å². The third kappa shape index (κ3) is 3.37. The number of carbonyl (C=O) groups is 1. The minimum atomic E-state index is -3.20. The summed E-state index contributed by atoms with van der Waals surface area (Å²) in [6, 6.07) is 6.75. The zero-order chi connectivity index (χ0) is 15.6. The van der Waals surface area contributed by atoms with E-state index in [1.54, 1.807) is 24.3 Å². The number of carboxylic acids is 1. The predicted octanol–water partition coefficient (Wildman–Crippen LogP) is 2.03. The quantitative estimate of drug-likeness (QED) is 0.900. The molecule has 1 aliphatic rings. The van der Waals surface area contributed by atoms with E-state index in [2.05, 4.69) is 0 Å². The number of hydrogen-bond acceptors (Lipinski definition) is 4. The average molecular weight is 311 g/mol. The first-order valence-electron chi connectivity index (χ1n) is 7.15. The van der Waals surface area contributed by atoms with Crippen LogP contribution in [-0.4, -0.2) is 38.3 Å². The molecule has 1 aromatic carbocycles. The normalized spacial score (nSPS) is 22.5. The molecule has 1 saturated heterocycles. The van der Waals surface area contributed by atoms with Crippen LogP contribution in [0.2, 0.25) is 0 Å². The molecule has 1 aliphatic heterocycles. The molecular weight excluding hydrogens is 290 g/mol. The maximum atomic E-state index is 12.0. The van der Waals surface area contributed by atoms with E-state index in [9.17, 15) is 13.2 Å². The van der Waals surface area contributed by atoms with Crippen molar-refractivity contribution in [2.75, 3.05) is 23.7 Å². The number of sulfone groups is 1. The van der Waals surface area contributed by atoms with Crippen LogP contribution in [0.15, 0.2) is 29.2 Å². The number of aliphatic carboxylic acids is 1. The largest absolute Gasteiger partial charge is 0.481 e. The van der Waals surface area contributed by atoms with Crippen molar-refractivity contribution in [3.8, 4) is 0 Å². The summed E-state index contributed by atoms with van der Waals surface area (Å²) in [7, 11) is -3.20. The van der Waals surface area contributed by atoms with Crippen molar-refractivity contribution < 1.29 is 18.3 Å². The standard InChI is InChI=1S/C15H21NO4S/c1-3-8-21(19,20)13-6-4-12(5-7-13)16-9-11(2)14(10-16)15(17)18/h4-7,11,14H,3,8-10H2,1-2H3,(H,17,18)/t11-,14-/m1/s1. The van der Waals surface area contributed by atoms with Crippen LogP contribution in [-0.2, 0) is 14.6 Å². The van der Waals surface area contributed by atoms with Gasteiger partial charge in [0.2, 0.25) is 0 Å². The van der Waals surface area contributed by atoms with E-state index in [-0.39, 0.29) is 17.6 Å². The minimum Gasteiger partial charge on any atom is -0.481 e. The van der Waals surface area contributed by atoms with Gasteiger partial charge in [0, 0.05) is 18.8 Å². The fraction of sp³-hybridized carbons (Fsp3) is 0.533. The van der Waals surface area contributed by atoms with E-state index in [1.165, 1.54) is 0 Å². The van der Waals surface area contributed by atoms with Crippen molar-refractivity contribution in [2.24, 2.45) is 11.8 Å². The molecule has 6 heteroatoms. The van der Waals surface area contributed by atoms with Crippen molar-refractivity contribution in [1.29, 1.82) is 0 Å². The van der Waals surface area contributed by atoms with Crippen LogP contribution in [0.3, 0.4) is 0 Å². The molecule has 1 N–H and O–H groups in total. The van der Waals surface area contributed by atoms with Gasteiger partial charge in [-0.1, -0.05) is 13.8 Å². The van der Waals surface area contributed by atoms with Gasteiger partial charge in [0.05, 0.1) is 16.6 Å². The molecule has 0 aromatic heterocycles. The van der Waals surface area contributed by atoms with Crippen LogP contribution in [0.4, 0.5) is 5.69 Å². The number of anilines is 1. The minimum absolute atomic E-state index is 0.0889. The summed E-state index contributed by atoms with van der Waals surface area (Å²) < 4.78 is 23.9. The molecule has 0 saturated carbocycles. The lowest BCUT2D eigenvalue weighted by atomic mass is 9.99. The van der Waals surface area contributed by atoms with Gasteiger partial charge in [-0.15, -0.1) is 0 Å². The molecule has 0 spiro atoms. The van der Waals surface area contributed by atoms with Gasteiger partial charge in [-0.05, 0) is 36.6 Å². The van der Waals surface area contributed by atoms with Crippen LogP contribution in [0.25, 0.3) is 0 Å². The van der Waals surface area contributed by atoms with Gasteiger partial charge in [-0.25, -0.2) is 8.42 Å². The molecule has 0 unspecified atom stereocenters. The highest BCUT2D eigenvalue weighted by Crippen LogP contribution is 2.29. The summed E-state index contributed by atoms with van der Waals surface area (Å²) in [5.74, 6) is -0.902. The Morgan fingerprint density at radius 2 is 1.90 bits per heavy atom. The van der Waals surface area contributed by atoms with Crippen molar-refractivity contribution in [1.82, 2.24) is 0 Å². The lowest BCUT2D eigenvalue weighted by Crippen LogP contribution is -2.23. The van der Waals surface area contributed by atoms with E-state index >= 15 is 0 Å². The highest BCUT2D eigenvalue weighted by atomic mass is 32.2. The van der Waals surface area contributed by atoms with Crippen molar-refractivity contribution in [3.63, 3.8) is 0 Å². The number of hydrogen-bond donors (Lipinski definition) is 1. The Bertz CT molecular complexity index is 609. The Balaban J connectivity index is 2.15. The highest BCUT2D eigenvalue weighted by Gasteiger charge is 2.34. The Hall–Kier alpha value is -1.56. The molecule has 1 fully saturated rings. The second kappa shape index (κ2) is 6.05. The highest BCUT2D eigenvalue weighted by molar-refractivity contribution is 7.91. The Morgan fingerprint density at radius 3 is 2.38 bits per heavy atom. The Morgan fingerprint density at radius 1 is 1.29 bits per heavy atom. The second-order valence-electron chi connectivity index (χ2n) is 5.64. The summed E-state index contributed by atoms with van der Waals surface area (Å²) in [6.45, 7) is 4.91. The maximum Gasteiger partial charge on any atom is 0.308 e. The predicted molar refractivity (Wildman–Crippen MR) is 81.3 cm³/mol. The molecule has 2 atom stereocenters. The molecule has 0 aliphatic carbocycles. The van der Waals surface area contributed by atoms with E-state index in [1.807, 2.05) is 18.7 Å². The Kier molecular flexibility index (Phi) is 4.56. The molecule has 0 radical (unpaired) electrons. The first kappa shape index (κ1) is 15.8. The van der Waals surface area contributed by atoms with Crippen LogP contribution in [0, 0.1) is 11.8 Å². The number of rotatable bonds is 5. The van der Waals surface area contributed by atoms with Crippen LogP contribution >= 0.6 is 0 Å². The van der Waals surface area contributed by atoms with Gasteiger partial charge in [-0.2, -0.15) is 0 Å². The molecule has 1 aromatic rings. The monoisotopic (exact) mass is 311 g/mol. The summed E-state index contributed by atoms with van der Waals surface area (Å²) in [5.41, 5.74) is 0.876. The summed E-state index contributed by atoms with van der Waals surface area (Å²) in [4.78, 5) is 13.5. The number of nitrogens with zero attached hydrogens (tertiary/aromatic N) is 1. The molecular formula is C15H21NO4S. The van der Waals surface area contributed by atoms with Crippen LogP contribution < -0.4 is 4.90 Å². The van der Waals surface area contributed by atoms with E-state index in [0.29, 0.717) is 24.4 Å².